The molecule has 0 spiro atoms. The van der Waals surface area contributed by atoms with Crippen molar-refractivity contribution in [2.75, 3.05) is 0 Å². The number of para-hydroxylation sites is 4. The Bertz CT molecular complexity index is 3030. The molecule has 11 aromatic rings. The van der Waals surface area contributed by atoms with E-state index in [9.17, 15) is 0 Å². The molecule has 0 saturated carbocycles. The second-order valence-electron chi connectivity index (χ2n) is 13.3. The van der Waals surface area contributed by atoms with Gasteiger partial charge in [0, 0.05) is 32.6 Å². The minimum Gasteiger partial charge on any atom is -0.456 e. The molecular formula is C48H30N2O. The Morgan fingerprint density at radius 1 is 0.314 bits per heavy atom. The Balaban J connectivity index is 1.17. The summed E-state index contributed by atoms with van der Waals surface area (Å²) in [5.41, 5.74) is 13.3. The van der Waals surface area contributed by atoms with Gasteiger partial charge in [-0.05, 0) is 82.9 Å². The van der Waals surface area contributed by atoms with Crippen LogP contribution in [0.4, 0.5) is 0 Å². The topological polar surface area (TPSA) is 23.0 Å². The molecule has 3 aromatic heterocycles. The number of fused-ring (bicyclic) bond motifs is 9. The number of nitrogens with zero attached hydrogens (tertiary/aromatic N) is 2. The lowest BCUT2D eigenvalue weighted by molar-refractivity contribution is 0.669. The van der Waals surface area contributed by atoms with Crippen molar-refractivity contribution in [1.82, 2.24) is 9.13 Å². The quantitative estimate of drug-likeness (QED) is 0.186. The van der Waals surface area contributed by atoms with E-state index >= 15 is 0 Å². The van der Waals surface area contributed by atoms with Gasteiger partial charge in [-0.25, -0.2) is 0 Å². The van der Waals surface area contributed by atoms with Crippen molar-refractivity contribution in [2.45, 2.75) is 0 Å². The largest absolute Gasteiger partial charge is 0.456 e. The predicted molar refractivity (Wildman–Crippen MR) is 213 cm³/mol. The number of hydrogen-bond acceptors (Lipinski definition) is 1. The van der Waals surface area contributed by atoms with Crippen molar-refractivity contribution in [3.05, 3.63) is 182 Å². The summed E-state index contributed by atoms with van der Waals surface area (Å²) in [5.74, 6) is 0. The van der Waals surface area contributed by atoms with E-state index in [1.807, 2.05) is 0 Å². The maximum atomic E-state index is 6.73. The van der Waals surface area contributed by atoms with Gasteiger partial charge in [-0.2, -0.15) is 0 Å². The summed E-state index contributed by atoms with van der Waals surface area (Å²) in [7, 11) is 0. The van der Waals surface area contributed by atoms with Gasteiger partial charge in [0.05, 0.1) is 33.1 Å². The zero-order valence-electron chi connectivity index (χ0n) is 27.6. The van der Waals surface area contributed by atoms with Crippen LogP contribution >= 0.6 is 0 Å². The molecule has 0 bridgehead atoms. The Kier molecular flexibility index (Phi) is 5.96. The number of aromatic nitrogens is 2. The first kappa shape index (κ1) is 28.0. The Morgan fingerprint density at radius 3 is 1.47 bits per heavy atom. The van der Waals surface area contributed by atoms with E-state index in [1.54, 1.807) is 0 Å². The molecule has 0 radical (unpaired) electrons. The van der Waals surface area contributed by atoms with Crippen LogP contribution in [-0.4, -0.2) is 9.13 Å². The van der Waals surface area contributed by atoms with E-state index in [0.717, 1.165) is 55.6 Å². The highest BCUT2D eigenvalue weighted by Crippen LogP contribution is 2.42. The lowest BCUT2D eigenvalue weighted by Gasteiger charge is -2.13. The van der Waals surface area contributed by atoms with E-state index in [1.165, 1.54) is 43.6 Å². The van der Waals surface area contributed by atoms with Crippen molar-refractivity contribution in [3.8, 4) is 33.6 Å². The number of hydrogen-bond donors (Lipinski definition) is 0. The molecule has 3 nitrogen and oxygen atoms in total. The monoisotopic (exact) mass is 650 g/mol. The van der Waals surface area contributed by atoms with E-state index < -0.39 is 0 Å². The third kappa shape index (κ3) is 4.19. The molecule has 0 fully saturated rings. The highest BCUT2D eigenvalue weighted by molar-refractivity contribution is 6.16. The predicted octanol–water partition coefficient (Wildman–Crippen LogP) is 13.1. The first-order valence-electron chi connectivity index (χ1n) is 17.4. The van der Waals surface area contributed by atoms with Gasteiger partial charge in [0.2, 0.25) is 0 Å². The number of benzene rings is 8. The van der Waals surface area contributed by atoms with Gasteiger partial charge in [-0.3, -0.25) is 0 Å². The summed E-state index contributed by atoms with van der Waals surface area (Å²) in [5, 5.41) is 7.20. The van der Waals surface area contributed by atoms with Crippen molar-refractivity contribution in [3.63, 3.8) is 0 Å². The molecule has 51 heavy (non-hydrogen) atoms. The number of furan rings is 1. The molecule has 0 unspecified atom stereocenters. The summed E-state index contributed by atoms with van der Waals surface area (Å²) in [6.07, 6.45) is 0. The summed E-state index contributed by atoms with van der Waals surface area (Å²) in [6, 6.07) is 65.4. The molecule has 11 rings (SSSR count). The normalized spacial score (nSPS) is 11.9. The minimum atomic E-state index is 0.874. The first-order chi connectivity index (χ1) is 25.3. The fourth-order valence-electron chi connectivity index (χ4n) is 8.25. The fourth-order valence-corrected chi connectivity index (χ4v) is 8.25. The van der Waals surface area contributed by atoms with Gasteiger partial charge >= 0.3 is 0 Å². The van der Waals surface area contributed by atoms with Gasteiger partial charge in [0.1, 0.15) is 11.2 Å². The first-order valence-corrected chi connectivity index (χ1v) is 17.4. The lowest BCUT2D eigenvalue weighted by Crippen LogP contribution is -1.96. The van der Waals surface area contributed by atoms with Gasteiger partial charge in [0.25, 0.3) is 0 Å². The Labute approximate surface area is 293 Å². The molecule has 0 aliphatic rings. The molecule has 0 atom stereocenters. The summed E-state index contributed by atoms with van der Waals surface area (Å²) < 4.78 is 11.5. The van der Waals surface area contributed by atoms with Crippen LogP contribution in [0.1, 0.15) is 0 Å². The van der Waals surface area contributed by atoms with Crippen LogP contribution in [0.15, 0.2) is 186 Å². The maximum absolute atomic E-state index is 6.73. The Morgan fingerprint density at radius 2 is 0.843 bits per heavy atom. The van der Waals surface area contributed by atoms with Crippen molar-refractivity contribution in [2.24, 2.45) is 0 Å². The van der Waals surface area contributed by atoms with Gasteiger partial charge < -0.3 is 13.6 Å². The van der Waals surface area contributed by atoms with E-state index in [2.05, 4.69) is 191 Å². The molecule has 0 amide bonds. The summed E-state index contributed by atoms with van der Waals surface area (Å²) >= 11 is 0. The molecule has 238 valence electrons. The van der Waals surface area contributed by atoms with Gasteiger partial charge in [-0.15, -0.1) is 0 Å². The SMILES string of the molecule is c1ccc(-c2cc(-n3c4ccccc4c4ccccc43)c3c(c2)oc2ccc(-c4cccc(-n5c6ccccc6c6ccccc65)c4)cc23)cc1. The van der Waals surface area contributed by atoms with Crippen LogP contribution < -0.4 is 0 Å². The summed E-state index contributed by atoms with van der Waals surface area (Å²) in [4.78, 5) is 0. The zero-order valence-corrected chi connectivity index (χ0v) is 27.6. The fraction of sp³-hybridized carbons (Fsp3) is 0. The highest BCUT2D eigenvalue weighted by Gasteiger charge is 2.20. The molecule has 3 heterocycles. The third-order valence-electron chi connectivity index (χ3n) is 10.5. The molecule has 8 aromatic carbocycles. The molecule has 0 saturated heterocycles. The molecule has 3 heteroatoms. The van der Waals surface area contributed by atoms with Crippen LogP contribution in [0.3, 0.4) is 0 Å². The minimum absolute atomic E-state index is 0.874. The van der Waals surface area contributed by atoms with Crippen LogP contribution in [-0.2, 0) is 0 Å². The Hall–Kier alpha value is -6.84. The van der Waals surface area contributed by atoms with Gasteiger partial charge in [-0.1, -0.05) is 121 Å². The average molecular weight is 651 g/mol. The highest BCUT2D eigenvalue weighted by atomic mass is 16.3. The van der Waals surface area contributed by atoms with Crippen LogP contribution in [0.2, 0.25) is 0 Å². The summed E-state index contributed by atoms with van der Waals surface area (Å²) in [6.45, 7) is 0. The number of rotatable bonds is 4. The van der Waals surface area contributed by atoms with Crippen molar-refractivity contribution in [1.29, 1.82) is 0 Å². The smallest absolute Gasteiger partial charge is 0.138 e. The standard InChI is InChI=1S/C48H30N2O/c1-2-13-31(14-3-1)34-29-45(50-43-23-10-6-19-38(43)39-20-7-11-24-44(39)50)48-40-28-33(25-26-46(40)51-47(48)30-34)32-15-12-16-35(27-32)49-41-21-8-4-17-36(41)37-18-5-9-22-42(37)49/h1-30H. The van der Waals surface area contributed by atoms with Gasteiger partial charge in [0.15, 0.2) is 0 Å². The van der Waals surface area contributed by atoms with Crippen LogP contribution in [0.25, 0.3) is 99.2 Å². The second kappa shape index (κ2) is 10.8. The van der Waals surface area contributed by atoms with E-state index in [-0.39, 0.29) is 0 Å². The molecule has 0 N–H and O–H groups in total. The van der Waals surface area contributed by atoms with E-state index in [4.69, 9.17) is 4.42 Å². The average Bonchev–Trinajstić information content (AvgIpc) is 3.85. The van der Waals surface area contributed by atoms with Crippen LogP contribution in [0, 0.1) is 0 Å². The molecule has 0 aliphatic heterocycles. The van der Waals surface area contributed by atoms with Crippen molar-refractivity contribution < 1.29 is 4.42 Å². The zero-order chi connectivity index (χ0) is 33.5. The maximum Gasteiger partial charge on any atom is 0.138 e. The molecular weight excluding hydrogens is 621 g/mol. The lowest BCUT2D eigenvalue weighted by atomic mass is 9.99. The second-order valence-corrected chi connectivity index (χ2v) is 13.3. The molecule has 0 aliphatic carbocycles. The van der Waals surface area contributed by atoms with Crippen LogP contribution in [0.5, 0.6) is 0 Å². The third-order valence-corrected chi connectivity index (χ3v) is 10.5. The van der Waals surface area contributed by atoms with Crippen molar-refractivity contribution >= 4 is 65.6 Å². The van der Waals surface area contributed by atoms with E-state index in [0.29, 0.717) is 0 Å².